The van der Waals surface area contributed by atoms with Crippen molar-refractivity contribution in [2.45, 2.75) is 23.6 Å². The number of rotatable bonds is 5. The van der Waals surface area contributed by atoms with E-state index in [-0.39, 0.29) is 23.1 Å². The predicted octanol–water partition coefficient (Wildman–Crippen LogP) is 4.41. The van der Waals surface area contributed by atoms with Crippen LogP contribution in [0.3, 0.4) is 0 Å². The lowest BCUT2D eigenvalue weighted by Gasteiger charge is -2.34. The topological polar surface area (TPSA) is 83.8 Å². The average molecular weight is 460 g/mol. The van der Waals surface area contributed by atoms with Crippen molar-refractivity contribution in [3.8, 4) is 0 Å². The largest absolute Gasteiger partial charge is 0.339 e. The number of amides is 2. The van der Waals surface area contributed by atoms with Gasteiger partial charge in [0.25, 0.3) is 11.6 Å². The van der Waals surface area contributed by atoms with E-state index in [9.17, 15) is 19.7 Å². The van der Waals surface area contributed by atoms with Gasteiger partial charge in [0, 0.05) is 54.7 Å². The van der Waals surface area contributed by atoms with Crippen LogP contribution in [0, 0.1) is 17.0 Å². The number of benzene rings is 2. The van der Waals surface area contributed by atoms with Gasteiger partial charge in [-0.2, -0.15) is 0 Å². The van der Waals surface area contributed by atoms with Crippen LogP contribution in [0.15, 0.2) is 52.8 Å². The van der Waals surface area contributed by atoms with E-state index in [1.54, 1.807) is 34.1 Å². The molecule has 1 aliphatic rings. The van der Waals surface area contributed by atoms with Gasteiger partial charge < -0.3 is 9.80 Å². The molecular weight excluding hydrogens is 438 g/mol. The van der Waals surface area contributed by atoms with E-state index in [4.69, 9.17) is 11.6 Å². The Kier molecular flexibility index (Phi) is 7.02. The van der Waals surface area contributed by atoms with Crippen molar-refractivity contribution in [3.63, 3.8) is 0 Å². The molecule has 0 aromatic heterocycles. The quantitative estimate of drug-likeness (QED) is 0.375. The Hall–Kier alpha value is -2.84. The summed E-state index contributed by atoms with van der Waals surface area (Å²) in [6, 6.07) is 10.1. The normalized spacial score (nSPS) is 13.8. The number of piperazine rings is 1. The summed E-state index contributed by atoms with van der Waals surface area (Å²) in [6.07, 6.45) is 0. The molecule has 31 heavy (non-hydrogen) atoms. The van der Waals surface area contributed by atoms with Gasteiger partial charge in [0.1, 0.15) is 0 Å². The van der Waals surface area contributed by atoms with Crippen LogP contribution in [0.25, 0.3) is 5.57 Å². The van der Waals surface area contributed by atoms with Crippen LogP contribution >= 0.6 is 23.4 Å². The molecule has 2 aromatic carbocycles. The Labute approximate surface area is 189 Å². The van der Waals surface area contributed by atoms with Crippen LogP contribution in [0.5, 0.6) is 0 Å². The third kappa shape index (κ3) is 5.08. The van der Waals surface area contributed by atoms with Crippen molar-refractivity contribution < 1.29 is 14.5 Å². The van der Waals surface area contributed by atoms with Gasteiger partial charge in [0.05, 0.1) is 9.82 Å². The van der Waals surface area contributed by atoms with Gasteiger partial charge in [-0.15, -0.1) is 0 Å². The summed E-state index contributed by atoms with van der Waals surface area (Å²) in [4.78, 5) is 40.1. The molecule has 1 fully saturated rings. The Morgan fingerprint density at radius 1 is 1.10 bits per heavy atom. The summed E-state index contributed by atoms with van der Waals surface area (Å²) >= 11 is 7.42. The molecular formula is C22H22ClN3O4S. The third-order valence-corrected chi connectivity index (χ3v) is 6.85. The molecule has 7 nitrogen and oxygen atoms in total. The first kappa shape index (κ1) is 22.8. The minimum Gasteiger partial charge on any atom is -0.339 e. The molecule has 0 unspecified atom stereocenters. The minimum atomic E-state index is -0.463. The Bertz CT molecular complexity index is 1060. The second-order valence-corrected chi connectivity index (χ2v) is 8.67. The third-order valence-electron chi connectivity index (χ3n) is 5.21. The predicted molar refractivity (Wildman–Crippen MR) is 121 cm³/mol. The number of hydrogen-bond donors (Lipinski definition) is 0. The number of carbonyl (C=O) groups excluding carboxylic acids is 2. The molecule has 0 N–H and O–H groups in total. The molecule has 0 radical (unpaired) electrons. The summed E-state index contributed by atoms with van der Waals surface area (Å²) < 4.78 is 0. The smallest absolute Gasteiger partial charge is 0.283 e. The maximum absolute atomic E-state index is 12.8. The SMILES string of the molecule is C=C(C(=O)N1CCN(C(C)=O)CC1)c1ccc(Sc2cccc(Cl)c2C)c([N+](=O)[O-])c1. The molecule has 0 aliphatic carbocycles. The van der Waals surface area contributed by atoms with Crippen molar-refractivity contribution >= 4 is 46.4 Å². The van der Waals surface area contributed by atoms with E-state index in [0.717, 1.165) is 10.5 Å². The van der Waals surface area contributed by atoms with Crippen molar-refractivity contribution in [1.82, 2.24) is 9.80 Å². The second kappa shape index (κ2) is 9.53. The standard InChI is InChI=1S/C22H22ClN3O4S/c1-14(22(28)25-11-9-24(10-12-25)16(3)27)17-7-8-21(19(13-17)26(29)30)31-20-6-4-5-18(23)15(20)2/h4-8,13H,1,9-12H2,2-3H3. The van der Waals surface area contributed by atoms with Gasteiger partial charge in [-0.05, 0) is 36.2 Å². The lowest BCUT2D eigenvalue weighted by atomic mass is 10.1. The number of carbonyl (C=O) groups is 2. The van der Waals surface area contributed by atoms with E-state index >= 15 is 0 Å². The zero-order valence-corrected chi connectivity index (χ0v) is 18.8. The fourth-order valence-corrected chi connectivity index (χ4v) is 4.54. The molecule has 1 heterocycles. The van der Waals surface area contributed by atoms with Gasteiger partial charge in [0.2, 0.25) is 5.91 Å². The van der Waals surface area contributed by atoms with Crippen LogP contribution in [0.4, 0.5) is 5.69 Å². The van der Waals surface area contributed by atoms with Crippen LogP contribution in [0.1, 0.15) is 18.1 Å². The number of nitrogens with zero attached hydrogens (tertiary/aromatic N) is 3. The van der Waals surface area contributed by atoms with Crippen LogP contribution in [-0.2, 0) is 9.59 Å². The van der Waals surface area contributed by atoms with Gasteiger partial charge in [0.15, 0.2) is 0 Å². The monoisotopic (exact) mass is 459 g/mol. The van der Waals surface area contributed by atoms with Gasteiger partial charge in [-0.1, -0.05) is 42.1 Å². The first-order valence-electron chi connectivity index (χ1n) is 9.64. The molecule has 0 bridgehead atoms. The molecule has 0 saturated carbocycles. The Morgan fingerprint density at radius 2 is 1.74 bits per heavy atom. The zero-order valence-electron chi connectivity index (χ0n) is 17.3. The van der Waals surface area contributed by atoms with E-state index < -0.39 is 4.92 Å². The molecule has 162 valence electrons. The van der Waals surface area contributed by atoms with E-state index in [2.05, 4.69) is 6.58 Å². The highest BCUT2D eigenvalue weighted by Gasteiger charge is 2.26. The zero-order chi connectivity index (χ0) is 22.7. The summed E-state index contributed by atoms with van der Waals surface area (Å²) in [5, 5.41) is 12.3. The lowest BCUT2D eigenvalue weighted by Crippen LogP contribution is -2.50. The highest BCUT2D eigenvalue weighted by atomic mass is 35.5. The van der Waals surface area contributed by atoms with E-state index in [0.29, 0.717) is 41.7 Å². The van der Waals surface area contributed by atoms with Gasteiger partial charge in [-0.25, -0.2) is 0 Å². The highest BCUT2D eigenvalue weighted by molar-refractivity contribution is 7.99. The summed E-state index contributed by atoms with van der Waals surface area (Å²) in [5.74, 6) is -0.312. The molecule has 9 heteroatoms. The summed E-state index contributed by atoms with van der Waals surface area (Å²) in [5.41, 5.74) is 1.33. The minimum absolute atomic E-state index is 0.0235. The number of nitro groups is 1. The lowest BCUT2D eigenvalue weighted by molar-refractivity contribution is -0.387. The molecule has 0 spiro atoms. The Morgan fingerprint density at radius 3 is 2.35 bits per heavy atom. The maximum Gasteiger partial charge on any atom is 0.283 e. The molecule has 2 aromatic rings. The van der Waals surface area contributed by atoms with Crippen LogP contribution in [0.2, 0.25) is 5.02 Å². The fraction of sp³-hybridized carbons (Fsp3) is 0.273. The van der Waals surface area contributed by atoms with Crippen molar-refractivity contribution in [2.24, 2.45) is 0 Å². The molecule has 1 aliphatic heterocycles. The second-order valence-electron chi connectivity index (χ2n) is 7.18. The van der Waals surface area contributed by atoms with Gasteiger partial charge >= 0.3 is 0 Å². The molecule has 3 rings (SSSR count). The summed E-state index contributed by atoms with van der Waals surface area (Å²) in [7, 11) is 0. The first-order chi connectivity index (χ1) is 14.7. The molecule has 1 saturated heterocycles. The number of nitro benzene ring substituents is 1. The first-order valence-corrected chi connectivity index (χ1v) is 10.8. The van der Waals surface area contributed by atoms with Crippen molar-refractivity contribution in [1.29, 1.82) is 0 Å². The fourth-order valence-electron chi connectivity index (χ4n) is 3.29. The van der Waals surface area contributed by atoms with Gasteiger partial charge in [-0.3, -0.25) is 19.7 Å². The van der Waals surface area contributed by atoms with E-state index in [1.165, 1.54) is 24.8 Å². The maximum atomic E-state index is 12.8. The number of halogens is 1. The van der Waals surface area contributed by atoms with Crippen LogP contribution in [-0.4, -0.2) is 52.7 Å². The summed E-state index contributed by atoms with van der Waals surface area (Å²) in [6.45, 7) is 8.97. The Balaban J connectivity index is 1.81. The molecule has 2 amide bonds. The highest BCUT2D eigenvalue weighted by Crippen LogP contribution is 2.39. The van der Waals surface area contributed by atoms with Crippen molar-refractivity contribution in [2.75, 3.05) is 26.2 Å². The average Bonchev–Trinajstić information content (AvgIpc) is 2.76. The molecule has 0 atom stereocenters. The van der Waals surface area contributed by atoms with Crippen molar-refractivity contribution in [3.05, 3.63) is 69.2 Å². The van der Waals surface area contributed by atoms with E-state index in [1.807, 2.05) is 13.0 Å². The van der Waals surface area contributed by atoms with Crippen LogP contribution < -0.4 is 0 Å². The number of hydrogen-bond acceptors (Lipinski definition) is 5.